The van der Waals surface area contributed by atoms with Crippen molar-refractivity contribution in [2.24, 2.45) is 5.92 Å². The van der Waals surface area contributed by atoms with Crippen LogP contribution in [0.15, 0.2) is 29.6 Å². The maximum atomic E-state index is 13.0. The number of morpholine rings is 1. The van der Waals surface area contributed by atoms with Gasteiger partial charge in [0.2, 0.25) is 0 Å². The minimum absolute atomic E-state index is 0.142. The lowest BCUT2D eigenvalue weighted by Crippen LogP contribution is -2.37. The normalized spacial score (nSPS) is 19.5. The van der Waals surface area contributed by atoms with Crippen LogP contribution in [0.4, 0.5) is 11.4 Å². The van der Waals surface area contributed by atoms with Gasteiger partial charge in [-0.15, -0.1) is 11.3 Å². The van der Waals surface area contributed by atoms with Gasteiger partial charge in [-0.2, -0.15) is 0 Å². The Hall–Kier alpha value is -2.03. The number of thiazole rings is 1. The Morgan fingerprint density at radius 1 is 1.12 bits per heavy atom. The lowest BCUT2D eigenvalue weighted by atomic mass is 9.97. The fraction of sp³-hybridized carbons (Fsp3) is 0.560. The van der Waals surface area contributed by atoms with E-state index in [4.69, 9.17) is 21.9 Å². The van der Waals surface area contributed by atoms with Gasteiger partial charge in [-0.3, -0.25) is 4.79 Å². The van der Waals surface area contributed by atoms with Crippen molar-refractivity contribution in [1.82, 2.24) is 9.88 Å². The first-order chi connectivity index (χ1) is 16.2. The topological polar surface area (TPSA) is 57.7 Å². The lowest BCUT2D eigenvalue weighted by Gasteiger charge is -2.33. The average molecular weight is 485 g/mol. The molecule has 3 fully saturated rings. The number of aromatic nitrogens is 1. The van der Waals surface area contributed by atoms with Gasteiger partial charge < -0.3 is 19.9 Å². The van der Waals surface area contributed by atoms with Crippen molar-refractivity contribution in [2.75, 3.05) is 49.6 Å². The number of thiocarbonyl (C=S) groups is 1. The molecule has 1 aliphatic carbocycles. The molecule has 33 heavy (non-hydrogen) atoms. The predicted octanol–water partition coefficient (Wildman–Crippen LogP) is 4.93. The monoisotopic (exact) mass is 484 g/mol. The van der Waals surface area contributed by atoms with Gasteiger partial charge in [0.05, 0.1) is 34.6 Å². The number of carbonyl (C=O) groups excluding carboxylic acids is 1. The molecule has 0 spiro atoms. The Kier molecular flexibility index (Phi) is 7.23. The van der Waals surface area contributed by atoms with E-state index in [2.05, 4.69) is 21.2 Å². The number of nitrogens with one attached hydrogen (secondary N) is 1. The van der Waals surface area contributed by atoms with Crippen LogP contribution in [0.3, 0.4) is 0 Å². The molecule has 1 aromatic carbocycles. The number of nitrogens with zero attached hydrogens (tertiary/aromatic N) is 3. The summed E-state index contributed by atoms with van der Waals surface area (Å²) in [6, 6.07) is 7.97. The van der Waals surface area contributed by atoms with Crippen molar-refractivity contribution in [2.45, 2.75) is 44.4 Å². The molecule has 6 nitrogen and oxygen atoms in total. The van der Waals surface area contributed by atoms with E-state index in [1.807, 2.05) is 23.6 Å². The molecule has 1 N–H and O–H groups in total. The van der Waals surface area contributed by atoms with Crippen molar-refractivity contribution in [1.29, 1.82) is 0 Å². The van der Waals surface area contributed by atoms with E-state index in [1.54, 1.807) is 11.3 Å². The third kappa shape index (κ3) is 5.73. The molecule has 0 radical (unpaired) electrons. The molecule has 3 aliphatic rings. The Labute approximate surface area is 205 Å². The smallest absolute Gasteiger partial charge is 0.275 e. The zero-order valence-corrected chi connectivity index (χ0v) is 20.6. The zero-order valence-electron chi connectivity index (χ0n) is 19.0. The second-order valence-electron chi connectivity index (χ2n) is 9.28. The summed E-state index contributed by atoms with van der Waals surface area (Å²) < 4.78 is 5.47. The molecule has 1 saturated carbocycles. The van der Waals surface area contributed by atoms with Crippen LogP contribution in [-0.4, -0.2) is 60.2 Å². The number of likely N-dealkylation sites (tertiary alicyclic amines) is 1. The Morgan fingerprint density at radius 2 is 1.88 bits per heavy atom. The van der Waals surface area contributed by atoms with Gasteiger partial charge in [0.15, 0.2) is 0 Å². The Balaban J connectivity index is 1.17. The lowest BCUT2D eigenvalue weighted by molar-refractivity contribution is 0.102. The summed E-state index contributed by atoms with van der Waals surface area (Å²) in [5.74, 6) is 1.21. The van der Waals surface area contributed by atoms with Gasteiger partial charge in [-0.25, -0.2) is 4.98 Å². The van der Waals surface area contributed by atoms with Crippen LogP contribution in [0.5, 0.6) is 0 Å². The van der Waals surface area contributed by atoms with Gasteiger partial charge in [-0.05, 0) is 43.7 Å². The first kappa shape index (κ1) is 22.7. The second-order valence-corrected chi connectivity index (χ2v) is 10.6. The Bertz CT molecular complexity index is 976. The highest BCUT2D eigenvalue weighted by atomic mass is 32.1. The minimum atomic E-state index is -0.142. The number of anilines is 2. The Morgan fingerprint density at radius 3 is 2.64 bits per heavy atom. The molecule has 1 amide bonds. The first-order valence-electron chi connectivity index (χ1n) is 12.1. The van der Waals surface area contributed by atoms with Crippen molar-refractivity contribution >= 4 is 45.8 Å². The van der Waals surface area contributed by atoms with E-state index in [9.17, 15) is 4.79 Å². The fourth-order valence-electron chi connectivity index (χ4n) is 4.69. The van der Waals surface area contributed by atoms with Crippen LogP contribution < -0.4 is 10.2 Å². The number of amides is 1. The number of rotatable bonds is 7. The number of piperidine rings is 1. The first-order valence-corrected chi connectivity index (χ1v) is 13.4. The quantitative estimate of drug-likeness (QED) is 0.563. The molecule has 2 aliphatic heterocycles. The van der Waals surface area contributed by atoms with E-state index < -0.39 is 0 Å². The molecular weight excluding hydrogens is 452 g/mol. The van der Waals surface area contributed by atoms with Gasteiger partial charge in [0.25, 0.3) is 5.91 Å². The van der Waals surface area contributed by atoms with Crippen molar-refractivity contribution in [3.05, 3.63) is 40.3 Å². The summed E-state index contributed by atoms with van der Waals surface area (Å²) in [5, 5.41) is 6.06. The van der Waals surface area contributed by atoms with E-state index >= 15 is 0 Å². The molecule has 8 heteroatoms. The van der Waals surface area contributed by atoms with Crippen LogP contribution in [-0.2, 0) is 4.74 Å². The highest BCUT2D eigenvalue weighted by Crippen LogP contribution is 2.35. The molecule has 1 aromatic heterocycles. The van der Waals surface area contributed by atoms with Gasteiger partial charge >= 0.3 is 0 Å². The summed E-state index contributed by atoms with van der Waals surface area (Å²) in [6.45, 7) is 5.08. The molecule has 5 rings (SSSR count). The summed E-state index contributed by atoms with van der Waals surface area (Å²) in [5.41, 5.74) is 2.37. The molecule has 176 valence electrons. The molecular formula is C25H32N4O2S2. The van der Waals surface area contributed by atoms with E-state index in [0.29, 0.717) is 24.8 Å². The van der Waals surface area contributed by atoms with Gasteiger partial charge in [-0.1, -0.05) is 37.2 Å². The van der Waals surface area contributed by atoms with Crippen molar-refractivity contribution in [3.8, 4) is 0 Å². The standard InChI is InChI=1S/C25H32N4O2S2/c30-24(26-20-3-1-2-4-22(20)28-13-15-31-16-14-28)21-17-33-25(27-21)19-9-11-29(12-10-19)23(32)8-7-18-5-6-18/h1-4,17-19H,5-16H2,(H,26,30). The number of benzene rings is 1. The fourth-order valence-corrected chi connectivity index (χ4v) is 5.96. The molecule has 0 unspecified atom stereocenters. The average Bonchev–Trinajstić information content (AvgIpc) is 3.56. The van der Waals surface area contributed by atoms with Crippen LogP contribution in [0.1, 0.15) is 59.9 Å². The van der Waals surface area contributed by atoms with Crippen molar-refractivity contribution in [3.63, 3.8) is 0 Å². The van der Waals surface area contributed by atoms with Gasteiger partial charge in [0.1, 0.15) is 5.69 Å². The van der Waals surface area contributed by atoms with E-state index in [0.717, 1.165) is 72.7 Å². The molecule has 2 saturated heterocycles. The minimum Gasteiger partial charge on any atom is -0.378 e. The van der Waals surface area contributed by atoms with Crippen LogP contribution >= 0.6 is 23.6 Å². The summed E-state index contributed by atoms with van der Waals surface area (Å²) in [6.07, 6.45) is 7.22. The summed E-state index contributed by atoms with van der Waals surface area (Å²) in [7, 11) is 0. The SMILES string of the molecule is O=C(Nc1ccccc1N1CCOCC1)c1csc(C2CCN(C(=S)CCC3CC3)CC2)n1. The summed E-state index contributed by atoms with van der Waals surface area (Å²) >= 11 is 7.29. The molecule has 0 bridgehead atoms. The summed E-state index contributed by atoms with van der Waals surface area (Å²) in [4.78, 5) is 23.5. The number of para-hydroxylation sites is 2. The van der Waals surface area contributed by atoms with E-state index in [1.165, 1.54) is 19.3 Å². The highest BCUT2D eigenvalue weighted by Gasteiger charge is 2.27. The van der Waals surface area contributed by atoms with Crippen LogP contribution in [0.25, 0.3) is 0 Å². The van der Waals surface area contributed by atoms with Crippen molar-refractivity contribution < 1.29 is 9.53 Å². The predicted molar refractivity (Wildman–Crippen MR) is 138 cm³/mol. The molecule has 3 heterocycles. The van der Waals surface area contributed by atoms with Gasteiger partial charge in [0, 0.05) is 37.5 Å². The maximum Gasteiger partial charge on any atom is 0.275 e. The number of carbonyl (C=O) groups is 1. The molecule has 0 atom stereocenters. The number of hydrogen-bond acceptors (Lipinski definition) is 6. The van der Waals surface area contributed by atoms with Crippen LogP contribution in [0.2, 0.25) is 0 Å². The number of hydrogen-bond donors (Lipinski definition) is 1. The highest BCUT2D eigenvalue weighted by molar-refractivity contribution is 7.80. The van der Waals surface area contributed by atoms with Crippen LogP contribution in [0, 0.1) is 5.92 Å². The molecule has 2 aromatic rings. The third-order valence-corrected chi connectivity index (χ3v) is 8.39. The zero-order chi connectivity index (χ0) is 22.6. The number of ether oxygens (including phenoxy) is 1. The largest absolute Gasteiger partial charge is 0.378 e. The second kappa shape index (κ2) is 10.5. The maximum absolute atomic E-state index is 13.0. The van der Waals surface area contributed by atoms with E-state index in [-0.39, 0.29) is 5.91 Å². The third-order valence-electron chi connectivity index (χ3n) is 6.92.